The van der Waals surface area contributed by atoms with Crippen molar-refractivity contribution in [3.05, 3.63) is 64.5 Å². The summed E-state index contributed by atoms with van der Waals surface area (Å²) < 4.78 is 31.4. The summed E-state index contributed by atoms with van der Waals surface area (Å²) >= 11 is 0. The molecule has 8 nitrogen and oxygen atoms in total. The topological polar surface area (TPSA) is 91.7 Å². The van der Waals surface area contributed by atoms with E-state index in [0.717, 1.165) is 35.6 Å². The van der Waals surface area contributed by atoms with Crippen LogP contribution in [0.1, 0.15) is 18.4 Å². The molecule has 1 aliphatic rings. The molecule has 0 radical (unpaired) electrons. The Morgan fingerprint density at radius 1 is 1.28 bits per heavy atom. The summed E-state index contributed by atoms with van der Waals surface area (Å²) in [5, 5.41) is 2.89. The number of methoxy groups -OCH3 is 1. The van der Waals surface area contributed by atoms with Gasteiger partial charge < -0.3 is 19.5 Å². The molecule has 3 aromatic rings. The number of carbonyl (C=O) groups excluding carboxylic acids is 1. The quantitative estimate of drug-likeness (QED) is 0.577. The third-order valence-corrected chi connectivity index (χ3v) is 5.27. The second-order valence-electron chi connectivity index (χ2n) is 7.55. The van der Waals surface area contributed by atoms with Crippen LogP contribution >= 0.6 is 0 Å². The molecule has 0 saturated carbocycles. The van der Waals surface area contributed by atoms with Crippen LogP contribution in [0.25, 0.3) is 10.9 Å². The molecule has 2 heterocycles. The molecular weight excluding hydrogens is 417 g/mol. The van der Waals surface area contributed by atoms with Gasteiger partial charge in [-0.25, -0.2) is 9.37 Å². The first-order valence-corrected chi connectivity index (χ1v) is 10.4. The zero-order valence-electron chi connectivity index (χ0n) is 17.7. The van der Waals surface area contributed by atoms with Gasteiger partial charge in [-0.2, -0.15) is 0 Å². The van der Waals surface area contributed by atoms with Gasteiger partial charge in [-0.05, 0) is 48.7 Å². The molecule has 9 heteroatoms. The largest absolute Gasteiger partial charge is 0.493 e. The molecule has 1 aromatic heterocycles. The minimum atomic E-state index is -0.532. The van der Waals surface area contributed by atoms with E-state index in [1.165, 1.54) is 18.5 Å². The van der Waals surface area contributed by atoms with E-state index in [9.17, 15) is 14.0 Å². The van der Waals surface area contributed by atoms with Gasteiger partial charge in [0.15, 0.2) is 11.5 Å². The molecule has 1 unspecified atom stereocenters. The van der Waals surface area contributed by atoms with Crippen molar-refractivity contribution in [3.8, 4) is 11.5 Å². The summed E-state index contributed by atoms with van der Waals surface area (Å²) in [7, 11) is 1.55. The molecule has 1 fully saturated rings. The molecule has 32 heavy (non-hydrogen) atoms. The van der Waals surface area contributed by atoms with Crippen molar-refractivity contribution >= 4 is 16.8 Å². The number of carbonyl (C=O) groups is 1. The van der Waals surface area contributed by atoms with Crippen LogP contribution in [0.3, 0.4) is 0 Å². The Kier molecular flexibility index (Phi) is 6.65. The van der Waals surface area contributed by atoms with Gasteiger partial charge in [0.05, 0.1) is 30.4 Å². The summed E-state index contributed by atoms with van der Waals surface area (Å²) in [4.78, 5) is 29.0. The van der Waals surface area contributed by atoms with Crippen molar-refractivity contribution in [1.29, 1.82) is 0 Å². The van der Waals surface area contributed by atoms with Crippen LogP contribution in [0.2, 0.25) is 0 Å². The fourth-order valence-electron chi connectivity index (χ4n) is 3.55. The molecule has 1 aliphatic heterocycles. The molecule has 0 spiro atoms. The van der Waals surface area contributed by atoms with E-state index >= 15 is 0 Å². The normalized spacial score (nSPS) is 15.6. The van der Waals surface area contributed by atoms with E-state index in [0.29, 0.717) is 23.6 Å². The van der Waals surface area contributed by atoms with Gasteiger partial charge in [-0.15, -0.1) is 0 Å². The number of hydrogen-bond donors (Lipinski definition) is 1. The average molecular weight is 441 g/mol. The zero-order valence-corrected chi connectivity index (χ0v) is 17.7. The van der Waals surface area contributed by atoms with Crippen LogP contribution in [-0.2, 0) is 22.6 Å². The van der Waals surface area contributed by atoms with E-state index in [1.807, 2.05) is 6.07 Å². The average Bonchev–Trinajstić information content (AvgIpc) is 3.32. The summed E-state index contributed by atoms with van der Waals surface area (Å²) in [5.41, 5.74) is 0.715. The predicted octanol–water partition coefficient (Wildman–Crippen LogP) is 2.42. The van der Waals surface area contributed by atoms with Gasteiger partial charge in [-0.1, -0.05) is 6.07 Å². The highest BCUT2D eigenvalue weighted by Gasteiger charge is 2.17. The SMILES string of the molecule is COc1cc(CNC(=O)Cn2cnc3ccc(F)cc3c2=O)ccc1OCC1CCCO1. The number of benzene rings is 2. The summed E-state index contributed by atoms with van der Waals surface area (Å²) in [5.74, 6) is 0.267. The lowest BCUT2D eigenvalue weighted by Crippen LogP contribution is -2.32. The molecule has 1 atom stereocenters. The molecule has 2 aromatic carbocycles. The highest BCUT2D eigenvalue weighted by atomic mass is 19.1. The summed E-state index contributed by atoms with van der Waals surface area (Å²) in [6.07, 6.45) is 3.41. The third kappa shape index (κ3) is 5.05. The fourth-order valence-corrected chi connectivity index (χ4v) is 3.55. The lowest BCUT2D eigenvalue weighted by Gasteiger charge is -2.15. The number of nitrogens with zero attached hydrogens (tertiary/aromatic N) is 2. The number of amides is 1. The minimum Gasteiger partial charge on any atom is -0.493 e. The van der Waals surface area contributed by atoms with Crippen molar-refractivity contribution < 1.29 is 23.4 Å². The Bertz CT molecular complexity index is 1170. The predicted molar refractivity (Wildman–Crippen MR) is 115 cm³/mol. The van der Waals surface area contributed by atoms with E-state index in [4.69, 9.17) is 14.2 Å². The van der Waals surface area contributed by atoms with Gasteiger partial charge in [-0.3, -0.25) is 14.2 Å². The maximum atomic E-state index is 13.5. The Morgan fingerprint density at radius 2 is 2.16 bits per heavy atom. The Labute approximate surface area is 183 Å². The van der Waals surface area contributed by atoms with Crippen LogP contribution in [0, 0.1) is 5.82 Å². The van der Waals surface area contributed by atoms with Crippen LogP contribution < -0.4 is 20.3 Å². The van der Waals surface area contributed by atoms with Crippen molar-refractivity contribution in [2.75, 3.05) is 20.3 Å². The monoisotopic (exact) mass is 441 g/mol. The van der Waals surface area contributed by atoms with Crippen LogP contribution in [0.15, 0.2) is 47.5 Å². The number of ether oxygens (including phenoxy) is 3. The first-order chi connectivity index (χ1) is 15.5. The second kappa shape index (κ2) is 9.78. The number of hydrogen-bond acceptors (Lipinski definition) is 6. The smallest absolute Gasteiger partial charge is 0.261 e. The molecule has 1 saturated heterocycles. The molecule has 1 N–H and O–H groups in total. The third-order valence-electron chi connectivity index (χ3n) is 5.27. The lowest BCUT2D eigenvalue weighted by molar-refractivity contribution is -0.121. The molecule has 0 aliphatic carbocycles. The van der Waals surface area contributed by atoms with Crippen molar-refractivity contribution in [3.63, 3.8) is 0 Å². The van der Waals surface area contributed by atoms with E-state index in [1.54, 1.807) is 19.2 Å². The van der Waals surface area contributed by atoms with E-state index in [-0.39, 0.29) is 30.5 Å². The number of aromatic nitrogens is 2. The molecule has 1 amide bonds. The molecule has 4 rings (SSSR count). The maximum Gasteiger partial charge on any atom is 0.261 e. The lowest BCUT2D eigenvalue weighted by atomic mass is 10.2. The second-order valence-corrected chi connectivity index (χ2v) is 7.55. The Morgan fingerprint density at radius 3 is 2.94 bits per heavy atom. The number of nitrogens with one attached hydrogen (secondary N) is 1. The first-order valence-electron chi connectivity index (χ1n) is 10.4. The highest BCUT2D eigenvalue weighted by Crippen LogP contribution is 2.29. The van der Waals surface area contributed by atoms with Gasteiger partial charge >= 0.3 is 0 Å². The molecule has 0 bridgehead atoms. The number of rotatable bonds is 8. The zero-order chi connectivity index (χ0) is 22.5. The molecular formula is C23H24FN3O5. The van der Waals surface area contributed by atoms with Gasteiger partial charge in [0.2, 0.25) is 5.91 Å². The highest BCUT2D eigenvalue weighted by molar-refractivity contribution is 5.79. The summed E-state index contributed by atoms with van der Waals surface area (Å²) in [6.45, 7) is 1.25. The van der Waals surface area contributed by atoms with Gasteiger partial charge in [0.1, 0.15) is 19.0 Å². The molecule has 168 valence electrons. The van der Waals surface area contributed by atoms with Crippen LogP contribution in [0.5, 0.6) is 11.5 Å². The van der Waals surface area contributed by atoms with Gasteiger partial charge in [0, 0.05) is 13.2 Å². The first kappa shape index (κ1) is 21.8. The van der Waals surface area contributed by atoms with Crippen molar-refractivity contribution in [1.82, 2.24) is 14.9 Å². The number of halogens is 1. The van der Waals surface area contributed by atoms with E-state index < -0.39 is 11.4 Å². The minimum absolute atomic E-state index is 0.100. The maximum absolute atomic E-state index is 13.5. The van der Waals surface area contributed by atoms with E-state index in [2.05, 4.69) is 10.3 Å². The standard InChI is InChI=1S/C23H24FN3O5/c1-30-21-9-15(4-7-20(21)32-13-17-3-2-8-31-17)11-25-22(28)12-27-14-26-19-6-5-16(24)10-18(19)23(27)29/h4-7,9-10,14,17H,2-3,8,11-13H2,1H3,(H,25,28). The summed E-state index contributed by atoms with van der Waals surface area (Å²) in [6, 6.07) is 9.20. The van der Waals surface area contributed by atoms with Gasteiger partial charge in [0.25, 0.3) is 5.56 Å². The Hall–Kier alpha value is -3.46. The fraction of sp³-hybridized carbons (Fsp3) is 0.348. The number of fused-ring (bicyclic) bond motifs is 1. The Balaban J connectivity index is 1.36. The van der Waals surface area contributed by atoms with Crippen LogP contribution in [0.4, 0.5) is 4.39 Å². The van der Waals surface area contributed by atoms with Crippen LogP contribution in [-0.4, -0.2) is 41.9 Å². The van der Waals surface area contributed by atoms with Crippen molar-refractivity contribution in [2.24, 2.45) is 0 Å². The van der Waals surface area contributed by atoms with Crippen molar-refractivity contribution in [2.45, 2.75) is 32.0 Å².